The van der Waals surface area contributed by atoms with Crippen molar-refractivity contribution in [1.29, 1.82) is 0 Å². The summed E-state index contributed by atoms with van der Waals surface area (Å²) in [6.07, 6.45) is 13.0. The second kappa shape index (κ2) is 13.9. The number of fused-ring (bicyclic) bond motifs is 1. The fraction of sp³-hybridized carbons (Fsp3) is 0.742. The van der Waals surface area contributed by atoms with Gasteiger partial charge < -0.3 is 30.5 Å². The average Bonchev–Trinajstić information content (AvgIpc) is 3.61. The normalized spacial score (nSPS) is 27.3. The summed E-state index contributed by atoms with van der Waals surface area (Å²) < 4.78 is 5.35. The molecule has 5 rings (SSSR count). The molecule has 2 saturated heterocycles. The van der Waals surface area contributed by atoms with Gasteiger partial charge in [0.2, 0.25) is 17.7 Å². The minimum atomic E-state index is -1.08. The van der Waals surface area contributed by atoms with E-state index in [0.29, 0.717) is 19.6 Å². The summed E-state index contributed by atoms with van der Waals surface area (Å²) in [7, 11) is -1.08. The number of aromatic nitrogens is 2. The summed E-state index contributed by atoms with van der Waals surface area (Å²) in [5.74, 6) is -1.85. The number of hydrogen-bond acceptors (Lipinski definition) is 8. The summed E-state index contributed by atoms with van der Waals surface area (Å²) in [5.41, 5.74) is -0.555. The predicted octanol–water partition coefficient (Wildman–Crippen LogP) is 1.63. The number of carbonyl (C=O) groups is 4. The Morgan fingerprint density at radius 1 is 1.00 bits per heavy atom. The van der Waals surface area contributed by atoms with E-state index in [9.17, 15) is 24.2 Å². The number of nitrogens with one attached hydrogen (secondary N) is 3. The molecule has 4 amide bonds. The van der Waals surface area contributed by atoms with Crippen LogP contribution in [0.2, 0.25) is 0 Å². The zero-order valence-corrected chi connectivity index (χ0v) is 26.2. The average molecular weight is 611 g/mol. The highest BCUT2D eigenvalue weighted by Gasteiger charge is 2.52. The van der Waals surface area contributed by atoms with Crippen molar-refractivity contribution >= 4 is 30.7 Å². The van der Waals surface area contributed by atoms with Gasteiger partial charge in [-0.25, -0.2) is 4.98 Å². The zero-order chi connectivity index (χ0) is 31.4. The van der Waals surface area contributed by atoms with Crippen molar-refractivity contribution in [3.8, 4) is 0 Å². The predicted molar refractivity (Wildman–Crippen MR) is 163 cm³/mol. The van der Waals surface area contributed by atoms with Crippen molar-refractivity contribution < 1.29 is 28.9 Å². The molecular formula is C31H47BN6O6. The zero-order valence-electron chi connectivity index (χ0n) is 26.2. The monoisotopic (exact) mass is 610 g/mol. The van der Waals surface area contributed by atoms with Crippen molar-refractivity contribution in [3.63, 3.8) is 0 Å². The number of rotatable bonds is 8. The molecule has 0 aromatic carbocycles. The molecule has 4 fully saturated rings. The van der Waals surface area contributed by atoms with Gasteiger partial charge in [0.05, 0.1) is 12.1 Å². The Bertz CT molecular complexity index is 1190. The summed E-state index contributed by atoms with van der Waals surface area (Å²) in [6, 6.07) is -2.45. The first-order valence-electron chi connectivity index (χ1n) is 16.3. The van der Waals surface area contributed by atoms with Gasteiger partial charge in [-0.15, -0.1) is 0 Å². The van der Waals surface area contributed by atoms with Gasteiger partial charge in [0.15, 0.2) is 0 Å². The van der Waals surface area contributed by atoms with Crippen LogP contribution in [0.15, 0.2) is 18.6 Å². The van der Waals surface area contributed by atoms with Crippen molar-refractivity contribution in [2.24, 2.45) is 23.2 Å². The Morgan fingerprint density at radius 2 is 1.77 bits per heavy atom. The molecule has 240 valence electrons. The summed E-state index contributed by atoms with van der Waals surface area (Å²) >= 11 is 0. The van der Waals surface area contributed by atoms with Crippen LogP contribution >= 0.6 is 0 Å². The first-order chi connectivity index (χ1) is 21.0. The molecule has 6 atom stereocenters. The van der Waals surface area contributed by atoms with E-state index in [1.807, 2.05) is 20.8 Å². The van der Waals surface area contributed by atoms with Crippen molar-refractivity contribution in [3.05, 3.63) is 24.3 Å². The standard InChI is InChI=1S/C31H47BN6O6/c1-31(2,3)26(37-28(40)24(19-9-5-4-6-10-19)36-27(39)22-17-33-14-15-34-22)30(42)38-18-20-11-7-12-21(20)25(38)29(41)35-23-13-8-16-44-32(23)43/h14-15,17,19-21,23-26,43H,4-13,16,18H2,1-3H3,(H,35,41)(H,36,39)(H,37,40)/t20-,21-,23?,24-,25?,26+/m0/s1. The highest BCUT2D eigenvalue weighted by Crippen LogP contribution is 2.43. The molecule has 44 heavy (non-hydrogen) atoms. The van der Waals surface area contributed by atoms with Gasteiger partial charge in [-0.05, 0) is 61.7 Å². The first kappa shape index (κ1) is 32.3. The number of hydrogen-bond donors (Lipinski definition) is 4. The summed E-state index contributed by atoms with van der Waals surface area (Å²) in [5, 5.41) is 19.2. The van der Waals surface area contributed by atoms with Crippen LogP contribution in [0.4, 0.5) is 0 Å². The quantitative estimate of drug-likeness (QED) is 0.323. The van der Waals surface area contributed by atoms with Gasteiger partial charge >= 0.3 is 7.12 Å². The highest BCUT2D eigenvalue weighted by atomic mass is 16.5. The minimum absolute atomic E-state index is 0.0261. The molecule has 0 radical (unpaired) electrons. The largest absolute Gasteiger partial charge is 0.478 e. The van der Waals surface area contributed by atoms with E-state index in [1.54, 1.807) is 4.90 Å². The molecule has 0 bridgehead atoms. The van der Waals surface area contributed by atoms with Crippen LogP contribution in [0.5, 0.6) is 0 Å². The Kier molecular flexibility index (Phi) is 10.2. The third-order valence-corrected chi connectivity index (χ3v) is 9.95. The molecule has 4 N–H and O–H groups in total. The number of amides is 4. The molecule has 1 aromatic rings. The SMILES string of the molecule is CC(C)(C)[C@H](NC(=O)[C@@H](NC(=O)c1cnccn1)C1CCCCC1)C(=O)N1C[C@@H]2CCC[C@@H]2C1C(=O)NC1CCCOB1O. The molecule has 2 saturated carbocycles. The van der Waals surface area contributed by atoms with Crippen LogP contribution in [0, 0.1) is 23.2 Å². The Hall–Kier alpha value is -3.06. The van der Waals surface area contributed by atoms with E-state index in [0.717, 1.165) is 57.8 Å². The lowest BCUT2D eigenvalue weighted by Gasteiger charge is -2.38. The number of nitrogens with zero attached hydrogens (tertiary/aromatic N) is 3. The first-order valence-corrected chi connectivity index (χ1v) is 16.3. The van der Waals surface area contributed by atoms with Crippen LogP contribution in [0.25, 0.3) is 0 Å². The van der Waals surface area contributed by atoms with Gasteiger partial charge in [0.25, 0.3) is 5.91 Å². The summed E-state index contributed by atoms with van der Waals surface area (Å²) in [4.78, 5) is 65.1. The molecule has 13 heteroatoms. The Morgan fingerprint density at radius 3 is 2.45 bits per heavy atom. The maximum absolute atomic E-state index is 14.4. The Balaban J connectivity index is 1.36. The van der Waals surface area contributed by atoms with Gasteiger partial charge in [0.1, 0.15) is 23.8 Å². The van der Waals surface area contributed by atoms with Crippen molar-refractivity contribution in [1.82, 2.24) is 30.8 Å². The maximum atomic E-state index is 14.4. The minimum Gasteiger partial charge on any atom is -0.426 e. The Labute approximate surface area is 260 Å². The van der Waals surface area contributed by atoms with E-state index in [-0.39, 0.29) is 35.3 Å². The number of likely N-dealkylation sites (tertiary alicyclic amines) is 1. The lowest BCUT2D eigenvalue weighted by molar-refractivity contribution is -0.145. The van der Waals surface area contributed by atoms with E-state index in [1.165, 1.54) is 18.6 Å². The maximum Gasteiger partial charge on any atom is 0.478 e. The van der Waals surface area contributed by atoms with E-state index >= 15 is 0 Å². The van der Waals surface area contributed by atoms with Gasteiger partial charge in [-0.2, -0.15) is 0 Å². The molecule has 12 nitrogen and oxygen atoms in total. The molecule has 3 heterocycles. The van der Waals surface area contributed by atoms with E-state index < -0.39 is 48.4 Å². The third kappa shape index (κ3) is 7.25. The van der Waals surface area contributed by atoms with Crippen LogP contribution in [0.1, 0.15) is 95.5 Å². The van der Waals surface area contributed by atoms with Gasteiger partial charge in [0, 0.05) is 25.5 Å². The molecule has 0 spiro atoms. The van der Waals surface area contributed by atoms with Crippen LogP contribution in [0.3, 0.4) is 0 Å². The molecule has 2 aliphatic heterocycles. The topological polar surface area (TPSA) is 163 Å². The fourth-order valence-corrected chi connectivity index (χ4v) is 7.59. The summed E-state index contributed by atoms with van der Waals surface area (Å²) in [6.45, 7) is 6.57. The fourth-order valence-electron chi connectivity index (χ4n) is 7.59. The van der Waals surface area contributed by atoms with E-state index in [2.05, 4.69) is 25.9 Å². The third-order valence-electron chi connectivity index (χ3n) is 9.95. The highest BCUT2D eigenvalue weighted by molar-refractivity contribution is 6.45. The van der Waals surface area contributed by atoms with Gasteiger partial charge in [-0.3, -0.25) is 24.2 Å². The molecule has 2 aliphatic carbocycles. The molecular weight excluding hydrogens is 563 g/mol. The van der Waals surface area contributed by atoms with Crippen LogP contribution in [-0.4, -0.2) is 87.9 Å². The van der Waals surface area contributed by atoms with Crippen molar-refractivity contribution in [2.75, 3.05) is 13.2 Å². The van der Waals surface area contributed by atoms with Crippen LogP contribution < -0.4 is 16.0 Å². The smallest absolute Gasteiger partial charge is 0.426 e. The van der Waals surface area contributed by atoms with Gasteiger partial charge in [-0.1, -0.05) is 46.5 Å². The van der Waals surface area contributed by atoms with Crippen LogP contribution in [-0.2, 0) is 19.0 Å². The van der Waals surface area contributed by atoms with E-state index in [4.69, 9.17) is 4.65 Å². The molecule has 2 unspecified atom stereocenters. The number of carbonyl (C=O) groups excluding carboxylic acids is 4. The molecule has 4 aliphatic rings. The molecule has 1 aromatic heterocycles. The lowest BCUT2D eigenvalue weighted by Crippen LogP contribution is -2.62. The lowest BCUT2D eigenvalue weighted by atomic mass is 9.74. The van der Waals surface area contributed by atoms with Crippen molar-refractivity contribution in [2.45, 2.75) is 109 Å². The second-order valence-corrected chi connectivity index (χ2v) is 14.1. The second-order valence-electron chi connectivity index (χ2n) is 14.1.